The van der Waals surface area contributed by atoms with Crippen LogP contribution in [0, 0.1) is 0 Å². The minimum absolute atomic E-state index is 0.382. The standard InChI is InChI=1S/C8H7N2O/c11-5-8-9-6-3-1-2-4-7(6)10-8/h1-5,8-9H. The molecule has 1 atom stereocenters. The van der Waals surface area contributed by atoms with Crippen LogP contribution < -0.4 is 10.6 Å². The summed E-state index contributed by atoms with van der Waals surface area (Å²) in [7, 11) is 0. The van der Waals surface area contributed by atoms with Crippen molar-refractivity contribution in [3.05, 3.63) is 24.3 Å². The molecule has 0 fully saturated rings. The number of nitrogens with zero attached hydrogens (tertiary/aromatic N) is 1. The average Bonchev–Trinajstić information content (AvgIpc) is 2.46. The van der Waals surface area contributed by atoms with E-state index in [9.17, 15) is 4.79 Å². The van der Waals surface area contributed by atoms with E-state index < -0.39 is 0 Å². The third-order valence-electron chi connectivity index (χ3n) is 1.61. The van der Waals surface area contributed by atoms with E-state index in [1.165, 1.54) is 0 Å². The Balaban J connectivity index is 2.33. The molecule has 1 unspecified atom stereocenters. The van der Waals surface area contributed by atoms with Gasteiger partial charge < -0.3 is 5.32 Å². The summed E-state index contributed by atoms with van der Waals surface area (Å²) in [5.41, 5.74) is 1.80. The van der Waals surface area contributed by atoms with E-state index in [4.69, 9.17) is 0 Å². The summed E-state index contributed by atoms with van der Waals surface area (Å²) >= 11 is 0. The van der Waals surface area contributed by atoms with E-state index in [0.29, 0.717) is 0 Å². The molecular formula is C8H7N2O. The number of para-hydroxylation sites is 2. The van der Waals surface area contributed by atoms with Gasteiger partial charge in [-0.15, -0.1) is 0 Å². The lowest BCUT2D eigenvalue weighted by Crippen LogP contribution is -2.22. The molecule has 0 bridgehead atoms. The minimum Gasteiger partial charge on any atom is -0.356 e. The minimum atomic E-state index is -0.382. The van der Waals surface area contributed by atoms with Gasteiger partial charge in [0.2, 0.25) is 0 Å². The number of aldehydes is 1. The molecule has 0 amide bonds. The van der Waals surface area contributed by atoms with Crippen LogP contribution in [0.25, 0.3) is 0 Å². The van der Waals surface area contributed by atoms with E-state index in [0.717, 1.165) is 17.7 Å². The highest BCUT2D eigenvalue weighted by Gasteiger charge is 2.18. The number of nitrogens with one attached hydrogen (secondary N) is 1. The molecule has 1 aromatic rings. The fraction of sp³-hybridized carbons (Fsp3) is 0.125. The Hall–Kier alpha value is -1.51. The monoisotopic (exact) mass is 147 g/mol. The summed E-state index contributed by atoms with van der Waals surface area (Å²) in [5, 5.41) is 7.04. The van der Waals surface area contributed by atoms with Crippen molar-refractivity contribution >= 4 is 17.7 Å². The number of hydrogen-bond acceptors (Lipinski definition) is 2. The first-order valence-corrected chi connectivity index (χ1v) is 3.42. The number of rotatable bonds is 1. The topological polar surface area (TPSA) is 43.2 Å². The predicted octanol–water partition coefficient (Wildman–Crippen LogP) is 0.873. The lowest BCUT2D eigenvalue weighted by Gasteiger charge is -1.97. The van der Waals surface area contributed by atoms with Crippen LogP contribution in [0.4, 0.5) is 11.4 Å². The Kier molecular flexibility index (Phi) is 1.28. The Bertz CT molecular complexity index is 260. The predicted molar refractivity (Wildman–Crippen MR) is 41.7 cm³/mol. The van der Waals surface area contributed by atoms with Crippen molar-refractivity contribution in [2.24, 2.45) is 0 Å². The van der Waals surface area contributed by atoms with Crippen molar-refractivity contribution in [3.63, 3.8) is 0 Å². The zero-order valence-electron chi connectivity index (χ0n) is 5.82. The van der Waals surface area contributed by atoms with Gasteiger partial charge in [0.1, 0.15) is 0 Å². The highest BCUT2D eigenvalue weighted by atomic mass is 16.1. The molecule has 0 spiro atoms. The Labute approximate surface area is 64.4 Å². The first kappa shape index (κ1) is 6.22. The average molecular weight is 147 g/mol. The normalized spacial score (nSPS) is 14.9. The Morgan fingerprint density at radius 1 is 1.45 bits per heavy atom. The third-order valence-corrected chi connectivity index (χ3v) is 1.61. The third kappa shape index (κ3) is 0.941. The first-order valence-electron chi connectivity index (χ1n) is 3.42. The number of hydrogen-bond donors (Lipinski definition) is 1. The van der Waals surface area contributed by atoms with Crippen molar-refractivity contribution in [2.75, 3.05) is 5.32 Å². The molecule has 0 aromatic heterocycles. The Morgan fingerprint density at radius 2 is 2.27 bits per heavy atom. The Morgan fingerprint density at radius 3 is 3.00 bits per heavy atom. The molecule has 1 aliphatic rings. The van der Waals surface area contributed by atoms with Crippen molar-refractivity contribution in [1.29, 1.82) is 0 Å². The van der Waals surface area contributed by atoms with Gasteiger partial charge in [0.25, 0.3) is 0 Å². The summed E-state index contributed by atoms with van der Waals surface area (Å²) in [4.78, 5) is 10.3. The van der Waals surface area contributed by atoms with Gasteiger partial charge in [-0.1, -0.05) is 12.1 Å². The number of carbonyl (C=O) groups excluding carboxylic acids is 1. The van der Waals surface area contributed by atoms with Gasteiger partial charge in [-0.05, 0) is 12.1 Å². The summed E-state index contributed by atoms with van der Waals surface area (Å²) in [6, 6.07) is 7.60. The zero-order valence-corrected chi connectivity index (χ0v) is 5.82. The van der Waals surface area contributed by atoms with Gasteiger partial charge in [-0.25, -0.2) is 0 Å². The fourth-order valence-corrected chi connectivity index (χ4v) is 1.11. The largest absolute Gasteiger partial charge is 0.356 e. The highest BCUT2D eigenvalue weighted by molar-refractivity contribution is 5.77. The van der Waals surface area contributed by atoms with Gasteiger partial charge >= 0.3 is 0 Å². The second-order valence-electron chi connectivity index (χ2n) is 2.37. The molecule has 0 saturated heterocycles. The summed E-state index contributed by atoms with van der Waals surface area (Å²) < 4.78 is 0. The van der Waals surface area contributed by atoms with Crippen molar-refractivity contribution in [1.82, 2.24) is 5.32 Å². The van der Waals surface area contributed by atoms with Gasteiger partial charge in [-0.3, -0.25) is 10.1 Å². The molecule has 1 radical (unpaired) electrons. The quantitative estimate of drug-likeness (QED) is 0.599. The maximum Gasteiger partial charge on any atom is 0.175 e. The molecule has 55 valence electrons. The van der Waals surface area contributed by atoms with Crippen LogP contribution in [0.1, 0.15) is 0 Å². The lowest BCUT2D eigenvalue weighted by atomic mass is 10.3. The van der Waals surface area contributed by atoms with Crippen LogP contribution in [0.3, 0.4) is 0 Å². The molecule has 0 saturated carbocycles. The number of benzene rings is 1. The summed E-state index contributed by atoms with van der Waals surface area (Å²) in [6.07, 6.45) is 0.410. The molecule has 3 nitrogen and oxygen atoms in total. The van der Waals surface area contributed by atoms with E-state index in [1.807, 2.05) is 24.3 Å². The smallest absolute Gasteiger partial charge is 0.175 e. The zero-order chi connectivity index (χ0) is 7.68. The van der Waals surface area contributed by atoms with E-state index >= 15 is 0 Å². The molecule has 1 heterocycles. The summed E-state index contributed by atoms with van der Waals surface area (Å²) in [6.45, 7) is 0. The number of fused-ring (bicyclic) bond motifs is 1. The van der Waals surface area contributed by atoms with Crippen molar-refractivity contribution < 1.29 is 4.79 Å². The van der Waals surface area contributed by atoms with Gasteiger partial charge in [0.15, 0.2) is 12.5 Å². The molecule has 11 heavy (non-hydrogen) atoms. The van der Waals surface area contributed by atoms with E-state index in [1.54, 1.807) is 0 Å². The van der Waals surface area contributed by atoms with Gasteiger partial charge in [0, 0.05) is 0 Å². The van der Waals surface area contributed by atoms with Gasteiger partial charge in [0.05, 0.1) is 11.4 Å². The van der Waals surface area contributed by atoms with E-state index in [-0.39, 0.29) is 6.17 Å². The van der Waals surface area contributed by atoms with Crippen LogP contribution in [0.5, 0.6) is 0 Å². The van der Waals surface area contributed by atoms with Gasteiger partial charge in [-0.2, -0.15) is 0 Å². The molecule has 1 N–H and O–H groups in total. The number of carbonyl (C=O) groups is 1. The molecular weight excluding hydrogens is 140 g/mol. The van der Waals surface area contributed by atoms with Crippen LogP contribution in [0.15, 0.2) is 24.3 Å². The molecule has 1 aromatic carbocycles. The molecule has 0 aliphatic carbocycles. The lowest BCUT2D eigenvalue weighted by molar-refractivity contribution is -0.108. The highest BCUT2D eigenvalue weighted by Crippen LogP contribution is 2.27. The second kappa shape index (κ2) is 2.27. The summed E-state index contributed by atoms with van der Waals surface area (Å²) in [5.74, 6) is 0. The maximum atomic E-state index is 10.3. The molecule has 1 aliphatic heterocycles. The maximum absolute atomic E-state index is 10.3. The van der Waals surface area contributed by atoms with Crippen molar-refractivity contribution in [3.8, 4) is 0 Å². The van der Waals surface area contributed by atoms with Crippen LogP contribution in [-0.2, 0) is 4.79 Å². The molecule has 3 heteroatoms. The molecule has 2 rings (SSSR count). The first-order chi connectivity index (χ1) is 5.40. The van der Waals surface area contributed by atoms with Crippen LogP contribution >= 0.6 is 0 Å². The number of anilines is 1. The fourth-order valence-electron chi connectivity index (χ4n) is 1.11. The van der Waals surface area contributed by atoms with Crippen molar-refractivity contribution in [2.45, 2.75) is 6.17 Å². The SMILES string of the molecule is O=CC1[N]c2ccccc2N1. The second-order valence-corrected chi connectivity index (χ2v) is 2.37. The van der Waals surface area contributed by atoms with Crippen LogP contribution in [-0.4, -0.2) is 12.5 Å². The van der Waals surface area contributed by atoms with E-state index in [2.05, 4.69) is 10.6 Å². The van der Waals surface area contributed by atoms with Crippen LogP contribution in [0.2, 0.25) is 0 Å².